The topological polar surface area (TPSA) is 100 Å². The van der Waals surface area contributed by atoms with Crippen LogP contribution >= 0.6 is 0 Å². The summed E-state index contributed by atoms with van der Waals surface area (Å²) in [5.74, 6) is -0.611. The molecule has 0 fully saturated rings. The second-order valence-electron chi connectivity index (χ2n) is 5.21. The highest BCUT2D eigenvalue weighted by Crippen LogP contribution is 2.10. The maximum atomic E-state index is 12.0. The van der Waals surface area contributed by atoms with Crippen molar-refractivity contribution >= 4 is 23.4 Å². The number of nitrogens with one attached hydrogen (secondary N) is 3. The molecular weight excluding hydrogens is 320 g/mol. The predicted molar refractivity (Wildman–Crippen MR) is 94.3 cm³/mol. The van der Waals surface area contributed by atoms with E-state index in [1.54, 1.807) is 55.6 Å². The normalized spacial score (nSPS) is 9.96. The molecule has 2 aromatic rings. The third-order valence-corrected chi connectivity index (χ3v) is 3.36. The van der Waals surface area contributed by atoms with Crippen LogP contribution in [-0.2, 0) is 4.79 Å². The highest BCUT2D eigenvalue weighted by Gasteiger charge is 2.08. The van der Waals surface area contributed by atoms with Crippen LogP contribution in [0.1, 0.15) is 34.2 Å². The number of anilines is 1. The first-order chi connectivity index (χ1) is 12.1. The van der Waals surface area contributed by atoms with Crippen LogP contribution in [0, 0.1) is 0 Å². The number of benzene rings is 1. The summed E-state index contributed by atoms with van der Waals surface area (Å²) in [5, 5.41) is 8.11. The number of aromatic nitrogens is 1. The smallest absolute Gasteiger partial charge is 0.274 e. The van der Waals surface area contributed by atoms with E-state index in [9.17, 15) is 14.4 Å². The molecule has 0 unspecified atom stereocenters. The van der Waals surface area contributed by atoms with Crippen LogP contribution in [0.4, 0.5) is 5.69 Å². The fraction of sp³-hybridized carbons (Fsp3) is 0.222. The quantitative estimate of drug-likeness (QED) is 0.666. The fourth-order valence-electron chi connectivity index (χ4n) is 2.00. The molecule has 7 heteroatoms. The van der Waals surface area contributed by atoms with Crippen molar-refractivity contribution in [2.75, 3.05) is 18.4 Å². The van der Waals surface area contributed by atoms with Crippen molar-refractivity contribution in [1.29, 1.82) is 0 Å². The van der Waals surface area contributed by atoms with Gasteiger partial charge in [-0.1, -0.05) is 13.0 Å². The average molecular weight is 340 g/mol. The van der Waals surface area contributed by atoms with E-state index in [0.717, 1.165) is 0 Å². The van der Waals surface area contributed by atoms with Crippen molar-refractivity contribution in [3.8, 4) is 0 Å². The number of nitrogens with zero attached hydrogens (tertiary/aromatic N) is 1. The Hall–Kier alpha value is -3.22. The molecule has 1 aromatic heterocycles. The van der Waals surface area contributed by atoms with Gasteiger partial charge in [0, 0.05) is 37.0 Å². The van der Waals surface area contributed by atoms with Crippen LogP contribution in [-0.4, -0.2) is 35.8 Å². The molecule has 0 aliphatic rings. The van der Waals surface area contributed by atoms with E-state index in [1.807, 2.05) is 0 Å². The van der Waals surface area contributed by atoms with Crippen molar-refractivity contribution in [2.45, 2.75) is 13.3 Å². The molecule has 2 rings (SSSR count). The molecule has 3 N–H and O–H groups in total. The second-order valence-corrected chi connectivity index (χ2v) is 5.21. The van der Waals surface area contributed by atoms with Crippen LogP contribution in [0.5, 0.6) is 0 Å². The number of carbonyl (C=O) groups is 3. The van der Waals surface area contributed by atoms with Gasteiger partial charge in [0.25, 0.3) is 11.8 Å². The minimum absolute atomic E-state index is 0.0535. The summed E-state index contributed by atoms with van der Waals surface area (Å²) in [7, 11) is 0. The number of amides is 3. The van der Waals surface area contributed by atoms with Gasteiger partial charge in [0.15, 0.2) is 0 Å². The number of rotatable bonds is 7. The van der Waals surface area contributed by atoms with E-state index in [-0.39, 0.29) is 17.7 Å². The molecule has 0 aliphatic carbocycles. The first kappa shape index (κ1) is 18.1. The van der Waals surface area contributed by atoms with Crippen molar-refractivity contribution in [1.82, 2.24) is 15.6 Å². The van der Waals surface area contributed by atoms with Gasteiger partial charge in [0.2, 0.25) is 5.91 Å². The molecule has 1 aromatic carbocycles. The Balaban J connectivity index is 1.83. The minimum atomic E-state index is -0.315. The first-order valence-corrected chi connectivity index (χ1v) is 7.97. The summed E-state index contributed by atoms with van der Waals surface area (Å²) in [4.78, 5) is 39.1. The van der Waals surface area contributed by atoms with Gasteiger partial charge in [-0.3, -0.25) is 19.4 Å². The monoisotopic (exact) mass is 340 g/mol. The molecule has 0 saturated heterocycles. The van der Waals surface area contributed by atoms with Gasteiger partial charge >= 0.3 is 0 Å². The van der Waals surface area contributed by atoms with Gasteiger partial charge in [-0.2, -0.15) is 0 Å². The standard InChI is InChI=1S/C18H20N4O3/c1-2-16(23)20-11-12-21-17(24)13-6-8-14(9-7-13)22-18(25)15-5-3-4-10-19-15/h3-10H,2,11-12H2,1H3,(H,20,23)(H,21,24)(H,22,25). The fourth-order valence-corrected chi connectivity index (χ4v) is 2.00. The van der Waals surface area contributed by atoms with Crippen molar-refractivity contribution < 1.29 is 14.4 Å². The van der Waals surface area contributed by atoms with E-state index in [2.05, 4.69) is 20.9 Å². The van der Waals surface area contributed by atoms with Crippen LogP contribution in [0.25, 0.3) is 0 Å². The second kappa shape index (κ2) is 9.17. The molecule has 0 radical (unpaired) electrons. The molecule has 7 nitrogen and oxygen atoms in total. The van der Waals surface area contributed by atoms with Crippen LogP contribution in [0.3, 0.4) is 0 Å². The van der Waals surface area contributed by atoms with Gasteiger partial charge in [-0.25, -0.2) is 0 Å². The van der Waals surface area contributed by atoms with Crippen molar-refractivity contribution in [2.24, 2.45) is 0 Å². The molecular formula is C18H20N4O3. The Morgan fingerprint density at radius 1 is 0.920 bits per heavy atom. The zero-order valence-electron chi connectivity index (χ0n) is 13.9. The summed E-state index contributed by atoms with van der Waals surface area (Å²) in [6, 6.07) is 11.6. The van der Waals surface area contributed by atoms with Gasteiger partial charge in [-0.05, 0) is 36.4 Å². The predicted octanol–water partition coefficient (Wildman–Crippen LogP) is 1.59. The Morgan fingerprint density at radius 3 is 2.28 bits per heavy atom. The minimum Gasteiger partial charge on any atom is -0.354 e. The third kappa shape index (κ3) is 5.72. The number of hydrogen-bond acceptors (Lipinski definition) is 4. The SMILES string of the molecule is CCC(=O)NCCNC(=O)c1ccc(NC(=O)c2ccccn2)cc1. The van der Waals surface area contributed by atoms with Crippen LogP contribution in [0.15, 0.2) is 48.7 Å². The Labute approximate surface area is 145 Å². The van der Waals surface area contributed by atoms with Gasteiger partial charge in [0.1, 0.15) is 5.69 Å². The summed E-state index contributed by atoms with van der Waals surface area (Å²) in [6.07, 6.45) is 1.96. The summed E-state index contributed by atoms with van der Waals surface area (Å²) in [6.45, 7) is 2.50. The summed E-state index contributed by atoms with van der Waals surface area (Å²) >= 11 is 0. The van der Waals surface area contributed by atoms with Gasteiger partial charge in [0.05, 0.1) is 0 Å². The Kier molecular flexibility index (Phi) is 6.65. The van der Waals surface area contributed by atoms with E-state index in [0.29, 0.717) is 36.5 Å². The zero-order valence-corrected chi connectivity index (χ0v) is 13.9. The summed E-state index contributed by atoms with van der Waals surface area (Å²) in [5.41, 5.74) is 1.36. The van der Waals surface area contributed by atoms with E-state index >= 15 is 0 Å². The van der Waals surface area contributed by atoms with Gasteiger partial charge < -0.3 is 16.0 Å². The Morgan fingerprint density at radius 2 is 1.64 bits per heavy atom. The maximum absolute atomic E-state index is 12.0. The molecule has 0 spiro atoms. The lowest BCUT2D eigenvalue weighted by Crippen LogP contribution is -2.34. The van der Waals surface area contributed by atoms with Crippen LogP contribution < -0.4 is 16.0 Å². The third-order valence-electron chi connectivity index (χ3n) is 3.36. The molecule has 0 aliphatic heterocycles. The Bertz CT molecular complexity index is 730. The number of carbonyl (C=O) groups excluding carboxylic acids is 3. The largest absolute Gasteiger partial charge is 0.354 e. The van der Waals surface area contributed by atoms with Crippen molar-refractivity contribution in [3.05, 3.63) is 59.9 Å². The zero-order chi connectivity index (χ0) is 18.1. The van der Waals surface area contributed by atoms with Crippen molar-refractivity contribution in [3.63, 3.8) is 0 Å². The van der Waals surface area contributed by atoms with E-state index < -0.39 is 0 Å². The number of hydrogen-bond donors (Lipinski definition) is 3. The first-order valence-electron chi connectivity index (χ1n) is 7.97. The highest BCUT2D eigenvalue weighted by atomic mass is 16.2. The molecule has 1 heterocycles. The van der Waals surface area contributed by atoms with E-state index in [4.69, 9.17) is 0 Å². The molecule has 130 valence electrons. The molecule has 25 heavy (non-hydrogen) atoms. The van der Waals surface area contributed by atoms with Crippen LogP contribution in [0.2, 0.25) is 0 Å². The molecule has 3 amide bonds. The lowest BCUT2D eigenvalue weighted by Gasteiger charge is -2.08. The summed E-state index contributed by atoms with van der Waals surface area (Å²) < 4.78 is 0. The molecule has 0 saturated carbocycles. The number of pyridine rings is 1. The highest BCUT2D eigenvalue weighted by molar-refractivity contribution is 6.03. The average Bonchev–Trinajstić information content (AvgIpc) is 2.66. The lowest BCUT2D eigenvalue weighted by molar-refractivity contribution is -0.120. The van der Waals surface area contributed by atoms with E-state index in [1.165, 1.54) is 0 Å². The molecule has 0 bridgehead atoms. The lowest BCUT2D eigenvalue weighted by atomic mass is 10.2. The van der Waals surface area contributed by atoms with Gasteiger partial charge in [-0.15, -0.1) is 0 Å². The molecule has 0 atom stereocenters. The maximum Gasteiger partial charge on any atom is 0.274 e.